The highest BCUT2D eigenvalue weighted by Crippen LogP contribution is 2.40. The smallest absolute Gasteiger partial charge is 0.217 e. The minimum Gasteiger partial charge on any atom is -0.484 e. The van der Waals surface area contributed by atoms with Gasteiger partial charge in [0.25, 0.3) is 0 Å². The highest BCUT2D eigenvalue weighted by atomic mass is 35.5. The second-order valence-corrected chi connectivity index (χ2v) is 7.04. The van der Waals surface area contributed by atoms with Crippen LogP contribution in [0.5, 0.6) is 11.6 Å². The summed E-state index contributed by atoms with van der Waals surface area (Å²) in [5.74, 6) is 1.91. The quantitative estimate of drug-likeness (QED) is 0.569. The zero-order chi connectivity index (χ0) is 17.9. The molecule has 1 saturated carbocycles. The predicted molar refractivity (Wildman–Crippen MR) is 96.8 cm³/mol. The molecule has 0 aliphatic heterocycles. The van der Waals surface area contributed by atoms with Gasteiger partial charge in [-0.1, -0.05) is 23.7 Å². The van der Waals surface area contributed by atoms with Crippen molar-refractivity contribution in [2.45, 2.75) is 35.8 Å². The third-order valence-corrected chi connectivity index (χ3v) is 4.99. The molecule has 134 valence electrons. The molecular formula is C17H16ClN5O2S. The molecular weight excluding hydrogens is 374 g/mol. The zero-order valence-corrected chi connectivity index (χ0v) is 15.6. The summed E-state index contributed by atoms with van der Waals surface area (Å²) in [6.07, 6.45) is 3.86. The average molecular weight is 390 g/mol. The number of aromatic nitrogens is 5. The summed E-state index contributed by atoms with van der Waals surface area (Å²) in [6.45, 7) is 0.298. The maximum absolute atomic E-state index is 6.15. The van der Waals surface area contributed by atoms with Gasteiger partial charge in [0.05, 0.1) is 12.1 Å². The second kappa shape index (κ2) is 7.51. The fraction of sp³-hybridized carbons (Fsp3) is 0.294. The van der Waals surface area contributed by atoms with Crippen LogP contribution >= 0.6 is 23.4 Å². The van der Waals surface area contributed by atoms with Gasteiger partial charge < -0.3 is 9.47 Å². The monoisotopic (exact) mass is 389 g/mol. The van der Waals surface area contributed by atoms with Crippen LogP contribution in [-0.4, -0.2) is 31.8 Å². The highest BCUT2D eigenvalue weighted by molar-refractivity contribution is 7.99. The van der Waals surface area contributed by atoms with Crippen LogP contribution in [0.15, 0.2) is 46.8 Å². The Morgan fingerprint density at radius 1 is 1.23 bits per heavy atom. The summed E-state index contributed by atoms with van der Waals surface area (Å²) in [5, 5.41) is 10.5. The van der Waals surface area contributed by atoms with E-state index in [4.69, 9.17) is 21.1 Å². The Labute approximate surface area is 159 Å². The zero-order valence-electron chi connectivity index (χ0n) is 14.0. The molecule has 1 fully saturated rings. The molecule has 26 heavy (non-hydrogen) atoms. The Kier molecular flexibility index (Phi) is 4.94. The van der Waals surface area contributed by atoms with E-state index < -0.39 is 0 Å². The summed E-state index contributed by atoms with van der Waals surface area (Å²) < 4.78 is 13.1. The van der Waals surface area contributed by atoms with Gasteiger partial charge >= 0.3 is 0 Å². The number of benzene rings is 1. The lowest BCUT2D eigenvalue weighted by Crippen LogP contribution is -2.07. The van der Waals surface area contributed by atoms with Crippen molar-refractivity contribution in [3.8, 4) is 11.6 Å². The maximum atomic E-state index is 6.15. The van der Waals surface area contributed by atoms with Gasteiger partial charge in [0.2, 0.25) is 5.88 Å². The Morgan fingerprint density at radius 3 is 2.85 bits per heavy atom. The first-order valence-electron chi connectivity index (χ1n) is 8.10. The number of methoxy groups -OCH3 is 1. The van der Waals surface area contributed by atoms with Crippen LogP contribution in [0.1, 0.15) is 24.7 Å². The first-order valence-corrected chi connectivity index (χ1v) is 9.30. The molecule has 0 unspecified atom stereocenters. The molecule has 9 heteroatoms. The number of para-hydroxylation sites is 1. The first-order chi connectivity index (χ1) is 12.7. The lowest BCUT2D eigenvalue weighted by molar-refractivity contribution is 0.288. The summed E-state index contributed by atoms with van der Waals surface area (Å²) in [7, 11) is 1.58. The van der Waals surface area contributed by atoms with Crippen molar-refractivity contribution < 1.29 is 9.47 Å². The molecule has 0 saturated heterocycles. The fourth-order valence-corrected chi connectivity index (χ4v) is 3.49. The molecule has 1 aromatic carbocycles. The molecule has 1 aliphatic carbocycles. The minimum atomic E-state index is 0.298. The molecule has 0 radical (unpaired) electrons. The van der Waals surface area contributed by atoms with Gasteiger partial charge in [0.1, 0.15) is 12.4 Å². The summed E-state index contributed by atoms with van der Waals surface area (Å²) in [6, 6.07) is 9.48. The Hall–Kier alpha value is -2.32. The molecule has 2 heterocycles. The standard InChI is InChI=1S/C17H16ClN5O2S/c1-24-15-8-9-19-16(20-15)26-17-22-21-14(23(17)11-6-7-11)10-25-13-5-3-2-4-12(13)18/h2-5,8-9,11H,6-7,10H2,1H3. The normalized spacial score (nSPS) is 13.6. The molecule has 2 aromatic heterocycles. The molecule has 3 aromatic rings. The van der Waals surface area contributed by atoms with E-state index in [0.29, 0.717) is 34.5 Å². The van der Waals surface area contributed by atoms with Gasteiger partial charge in [0, 0.05) is 18.3 Å². The summed E-state index contributed by atoms with van der Waals surface area (Å²) in [5.41, 5.74) is 0. The second-order valence-electron chi connectivity index (χ2n) is 5.70. The maximum Gasteiger partial charge on any atom is 0.217 e. The van der Waals surface area contributed by atoms with Crippen LogP contribution in [0.25, 0.3) is 0 Å². The van der Waals surface area contributed by atoms with Gasteiger partial charge in [-0.05, 0) is 36.7 Å². The number of hydrogen-bond acceptors (Lipinski definition) is 7. The molecule has 0 N–H and O–H groups in total. The molecule has 7 nitrogen and oxygen atoms in total. The topological polar surface area (TPSA) is 75.0 Å². The minimum absolute atomic E-state index is 0.298. The van der Waals surface area contributed by atoms with E-state index in [1.807, 2.05) is 18.2 Å². The molecule has 0 atom stereocenters. The lowest BCUT2D eigenvalue weighted by Gasteiger charge is -2.10. The molecule has 0 spiro atoms. The van der Waals surface area contributed by atoms with Gasteiger partial charge in [-0.25, -0.2) is 4.98 Å². The van der Waals surface area contributed by atoms with Crippen LogP contribution in [0.4, 0.5) is 0 Å². The number of hydrogen-bond donors (Lipinski definition) is 0. The van der Waals surface area contributed by atoms with Crippen LogP contribution in [0.2, 0.25) is 5.02 Å². The fourth-order valence-electron chi connectivity index (χ4n) is 2.45. The third kappa shape index (κ3) is 3.76. The highest BCUT2D eigenvalue weighted by Gasteiger charge is 2.30. The van der Waals surface area contributed by atoms with Crippen molar-refractivity contribution in [2.24, 2.45) is 0 Å². The summed E-state index contributed by atoms with van der Waals surface area (Å²) >= 11 is 7.51. The number of rotatable bonds is 7. The first kappa shape index (κ1) is 17.1. The average Bonchev–Trinajstić information content (AvgIpc) is 3.43. The lowest BCUT2D eigenvalue weighted by atomic mass is 10.3. The van der Waals surface area contributed by atoms with Crippen molar-refractivity contribution >= 4 is 23.4 Å². The largest absolute Gasteiger partial charge is 0.484 e. The number of nitrogens with zero attached hydrogens (tertiary/aromatic N) is 5. The molecule has 0 bridgehead atoms. The van der Waals surface area contributed by atoms with Gasteiger partial charge in [-0.3, -0.25) is 4.57 Å². The Balaban J connectivity index is 1.54. The van der Waals surface area contributed by atoms with Crippen molar-refractivity contribution in [1.82, 2.24) is 24.7 Å². The molecule has 0 amide bonds. The molecule has 4 rings (SSSR count). The van der Waals surface area contributed by atoms with E-state index >= 15 is 0 Å². The number of halogens is 1. The molecule has 1 aliphatic rings. The Bertz CT molecular complexity index is 916. The number of ether oxygens (including phenoxy) is 2. The summed E-state index contributed by atoms with van der Waals surface area (Å²) in [4.78, 5) is 8.58. The van der Waals surface area contributed by atoms with Gasteiger partial charge in [-0.2, -0.15) is 4.98 Å². The van der Waals surface area contributed by atoms with Crippen LogP contribution in [0.3, 0.4) is 0 Å². The van der Waals surface area contributed by atoms with Crippen LogP contribution in [-0.2, 0) is 6.61 Å². The third-order valence-electron chi connectivity index (χ3n) is 3.84. The van der Waals surface area contributed by atoms with E-state index in [0.717, 1.165) is 23.8 Å². The van der Waals surface area contributed by atoms with Crippen LogP contribution in [0, 0.1) is 0 Å². The van der Waals surface area contributed by atoms with Gasteiger partial charge in [-0.15, -0.1) is 10.2 Å². The van der Waals surface area contributed by atoms with E-state index in [-0.39, 0.29) is 0 Å². The van der Waals surface area contributed by atoms with Gasteiger partial charge in [0.15, 0.2) is 16.1 Å². The van der Waals surface area contributed by atoms with E-state index in [1.165, 1.54) is 11.8 Å². The van der Waals surface area contributed by atoms with E-state index in [1.54, 1.807) is 25.4 Å². The Morgan fingerprint density at radius 2 is 2.08 bits per heavy atom. The van der Waals surface area contributed by atoms with E-state index in [9.17, 15) is 0 Å². The van der Waals surface area contributed by atoms with E-state index in [2.05, 4.69) is 24.7 Å². The van der Waals surface area contributed by atoms with Crippen molar-refractivity contribution in [1.29, 1.82) is 0 Å². The van der Waals surface area contributed by atoms with Crippen LogP contribution < -0.4 is 9.47 Å². The van der Waals surface area contributed by atoms with Crippen molar-refractivity contribution in [3.05, 3.63) is 47.4 Å². The van der Waals surface area contributed by atoms with Crippen molar-refractivity contribution in [2.75, 3.05) is 7.11 Å². The SMILES string of the molecule is COc1ccnc(Sc2nnc(COc3ccccc3Cl)n2C2CC2)n1. The predicted octanol–water partition coefficient (Wildman–Crippen LogP) is 3.80. The van der Waals surface area contributed by atoms with Crippen molar-refractivity contribution in [3.63, 3.8) is 0 Å².